The van der Waals surface area contributed by atoms with Crippen molar-refractivity contribution in [3.8, 4) is 5.75 Å². The third kappa shape index (κ3) is 3.60. The van der Waals surface area contributed by atoms with Gasteiger partial charge >= 0.3 is 0 Å². The van der Waals surface area contributed by atoms with Crippen molar-refractivity contribution in [3.05, 3.63) is 35.5 Å². The lowest BCUT2D eigenvalue weighted by atomic mass is 10.1. The van der Waals surface area contributed by atoms with Crippen LogP contribution in [-0.4, -0.2) is 27.7 Å². The molecule has 0 fully saturated rings. The Kier molecular flexibility index (Phi) is 4.54. The summed E-state index contributed by atoms with van der Waals surface area (Å²) < 4.78 is 7.03. The van der Waals surface area contributed by atoms with Crippen molar-refractivity contribution in [2.24, 2.45) is 12.8 Å². The van der Waals surface area contributed by atoms with E-state index in [0.717, 1.165) is 0 Å². The summed E-state index contributed by atoms with van der Waals surface area (Å²) in [4.78, 5) is 23.6. The molecule has 0 aliphatic rings. The molecule has 1 aromatic heterocycles. The molecule has 8 heteroatoms. The quantitative estimate of drug-likeness (QED) is 0.762. The summed E-state index contributed by atoms with van der Waals surface area (Å²) in [6, 6.07) is 4.56. The lowest BCUT2D eigenvalue weighted by Gasteiger charge is -2.15. The zero-order chi connectivity index (χ0) is 17.1. The molecule has 0 unspecified atom stereocenters. The van der Waals surface area contributed by atoms with Crippen molar-refractivity contribution in [1.29, 1.82) is 0 Å². The molecule has 2 amide bonds. The molecule has 23 heavy (non-hydrogen) atoms. The first-order valence-electron chi connectivity index (χ1n) is 6.99. The highest BCUT2D eigenvalue weighted by atomic mass is 16.5. The van der Waals surface area contributed by atoms with Crippen molar-refractivity contribution in [2.45, 2.75) is 20.0 Å². The maximum absolute atomic E-state index is 12.3. The van der Waals surface area contributed by atoms with Gasteiger partial charge in [-0.3, -0.25) is 14.3 Å². The second-order valence-corrected chi connectivity index (χ2v) is 5.26. The SMILES string of the molecule is CC(C)Oc1cc(C(N)=O)ccc1NC(=O)c1cnn(C)c1N. The topological polar surface area (TPSA) is 125 Å². The van der Waals surface area contributed by atoms with E-state index >= 15 is 0 Å². The number of benzene rings is 1. The van der Waals surface area contributed by atoms with Gasteiger partial charge in [0.2, 0.25) is 5.91 Å². The summed E-state index contributed by atoms with van der Waals surface area (Å²) in [5, 5.41) is 6.63. The lowest BCUT2D eigenvalue weighted by Crippen LogP contribution is -2.17. The number of carbonyl (C=O) groups excluding carboxylic acids is 2. The molecule has 0 aliphatic carbocycles. The molecule has 5 N–H and O–H groups in total. The summed E-state index contributed by atoms with van der Waals surface area (Å²) in [6.07, 6.45) is 1.24. The Morgan fingerprint density at radius 2 is 2.04 bits per heavy atom. The van der Waals surface area contributed by atoms with Crippen LogP contribution in [0.3, 0.4) is 0 Å². The molecule has 0 atom stereocenters. The van der Waals surface area contributed by atoms with E-state index in [0.29, 0.717) is 17.0 Å². The Morgan fingerprint density at radius 1 is 1.35 bits per heavy atom. The number of carbonyl (C=O) groups is 2. The van der Waals surface area contributed by atoms with E-state index < -0.39 is 11.8 Å². The zero-order valence-electron chi connectivity index (χ0n) is 13.2. The fraction of sp³-hybridized carbons (Fsp3) is 0.267. The van der Waals surface area contributed by atoms with E-state index in [1.54, 1.807) is 13.1 Å². The molecule has 0 radical (unpaired) electrons. The third-order valence-electron chi connectivity index (χ3n) is 3.11. The number of anilines is 2. The van der Waals surface area contributed by atoms with E-state index in [9.17, 15) is 9.59 Å². The first-order valence-corrected chi connectivity index (χ1v) is 6.99. The van der Waals surface area contributed by atoms with Crippen LogP contribution in [0.15, 0.2) is 24.4 Å². The molecule has 2 rings (SSSR count). The average Bonchev–Trinajstić information content (AvgIpc) is 2.80. The molecular weight excluding hydrogens is 298 g/mol. The fourth-order valence-corrected chi connectivity index (χ4v) is 1.94. The smallest absolute Gasteiger partial charge is 0.261 e. The van der Waals surface area contributed by atoms with Gasteiger partial charge in [0.15, 0.2) is 0 Å². The van der Waals surface area contributed by atoms with Crippen LogP contribution in [0.25, 0.3) is 0 Å². The van der Waals surface area contributed by atoms with Gasteiger partial charge in [-0.1, -0.05) is 0 Å². The summed E-state index contributed by atoms with van der Waals surface area (Å²) in [5.41, 5.74) is 12.0. The Balaban J connectivity index is 2.32. The van der Waals surface area contributed by atoms with Crippen molar-refractivity contribution in [3.63, 3.8) is 0 Å². The van der Waals surface area contributed by atoms with Crippen LogP contribution in [0, 0.1) is 0 Å². The summed E-state index contributed by atoms with van der Waals surface area (Å²) >= 11 is 0. The van der Waals surface area contributed by atoms with Crippen LogP contribution in [0.2, 0.25) is 0 Å². The van der Waals surface area contributed by atoms with Crippen molar-refractivity contribution >= 4 is 23.3 Å². The Hall–Kier alpha value is -3.03. The van der Waals surface area contributed by atoms with Crippen LogP contribution in [0.1, 0.15) is 34.6 Å². The number of aromatic nitrogens is 2. The number of aryl methyl sites for hydroxylation is 1. The minimum absolute atomic E-state index is 0.141. The summed E-state index contributed by atoms with van der Waals surface area (Å²) in [7, 11) is 1.64. The van der Waals surface area contributed by atoms with Crippen molar-refractivity contribution in [2.75, 3.05) is 11.1 Å². The van der Waals surface area contributed by atoms with E-state index in [4.69, 9.17) is 16.2 Å². The van der Waals surface area contributed by atoms with E-state index in [1.807, 2.05) is 13.8 Å². The highest BCUT2D eigenvalue weighted by molar-refractivity contribution is 6.08. The average molecular weight is 317 g/mol. The first kappa shape index (κ1) is 16.3. The number of ether oxygens (including phenoxy) is 1. The molecule has 2 aromatic rings. The molecule has 0 saturated heterocycles. The van der Waals surface area contributed by atoms with Gasteiger partial charge < -0.3 is 21.5 Å². The van der Waals surface area contributed by atoms with E-state index in [2.05, 4.69) is 10.4 Å². The standard InChI is InChI=1S/C15H19N5O3/c1-8(2)23-12-6-9(14(17)21)4-5-11(12)19-15(22)10-7-18-20(3)13(10)16/h4-8H,16H2,1-3H3,(H2,17,21)(H,19,22). The molecule has 0 saturated carbocycles. The normalized spacial score (nSPS) is 10.6. The third-order valence-corrected chi connectivity index (χ3v) is 3.11. The van der Waals surface area contributed by atoms with Gasteiger partial charge in [0.05, 0.1) is 18.0 Å². The van der Waals surface area contributed by atoms with Gasteiger partial charge in [-0.25, -0.2) is 0 Å². The molecule has 1 heterocycles. The largest absolute Gasteiger partial charge is 0.489 e. The van der Waals surface area contributed by atoms with Gasteiger partial charge in [0.1, 0.15) is 17.1 Å². The zero-order valence-corrected chi connectivity index (χ0v) is 13.2. The molecular formula is C15H19N5O3. The lowest BCUT2D eigenvalue weighted by molar-refractivity contribution is 0.0998. The Labute approximate surface area is 133 Å². The fourth-order valence-electron chi connectivity index (χ4n) is 1.94. The highest BCUT2D eigenvalue weighted by Gasteiger charge is 2.17. The number of hydrogen-bond acceptors (Lipinski definition) is 5. The van der Waals surface area contributed by atoms with Crippen molar-refractivity contribution < 1.29 is 14.3 Å². The predicted molar refractivity (Wildman–Crippen MR) is 86.3 cm³/mol. The molecule has 8 nitrogen and oxygen atoms in total. The minimum Gasteiger partial charge on any atom is -0.489 e. The van der Waals surface area contributed by atoms with E-state index in [-0.39, 0.29) is 17.5 Å². The van der Waals surface area contributed by atoms with Gasteiger partial charge in [0, 0.05) is 12.6 Å². The molecule has 0 spiro atoms. The number of nitrogens with two attached hydrogens (primary N) is 2. The Morgan fingerprint density at radius 3 is 2.57 bits per heavy atom. The van der Waals surface area contributed by atoms with Gasteiger partial charge in [-0.2, -0.15) is 5.10 Å². The number of amides is 2. The monoisotopic (exact) mass is 317 g/mol. The summed E-state index contributed by atoms with van der Waals surface area (Å²) in [5.74, 6) is -0.390. The van der Waals surface area contributed by atoms with Crippen LogP contribution >= 0.6 is 0 Å². The molecule has 0 aliphatic heterocycles. The second-order valence-electron chi connectivity index (χ2n) is 5.26. The number of nitrogen functional groups attached to an aromatic ring is 1. The maximum atomic E-state index is 12.3. The maximum Gasteiger partial charge on any atom is 0.261 e. The Bertz CT molecular complexity index is 752. The van der Waals surface area contributed by atoms with Crippen LogP contribution in [-0.2, 0) is 7.05 Å². The van der Waals surface area contributed by atoms with Crippen LogP contribution < -0.4 is 21.5 Å². The number of hydrogen-bond donors (Lipinski definition) is 3. The number of nitrogens with one attached hydrogen (secondary N) is 1. The molecule has 0 bridgehead atoms. The van der Waals surface area contributed by atoms with Crippen LogP contribution in [0.4, 0.5) is 11.5 Å². The van der Waals surface area contributed by atoms with E-state index in [1.165, 1.54) is 23.0 Å². The number of primary amides is 1. The van der Waals surface area contributed by atoms with Crippen LogP contribution in [0.5, 0.6) is 5.75 Å². The molecule has 122 valence electrons. The molecule has 1 aromatic carbocycles. The van der Waals surface area contributed by atoms with Gasteiger partial charge in [-0.15, -0.1) is 0 Å². The second kappa shape index (κ2) is 6.39. The number of rotatable bonds is 5. The van der Waals surface area contributed by atoms with Gasteiger partial charge in [0.25, 0.3) is 5.91 Å². The van der Waals surface area contributed by atoms with Gasteiger partial charge in [-0.05, 0) is 32.0 Å². The first-order chi connectivity index (χ1) is 10.8. The number of nitrogens with zero attached hydrogens (tertiary/aromatic N) is 2. The predicted octanol–water partition coefficient (Wildman–Crippen LogP) is 1.14. The minimum atomic E-state index is -0.576. The summed E-state index contributed by atoms with van der Waals surface area (Å²) in [6.45, 7) is 3.67. The highest BCUT2D eigenvalue weighted by Crippen LogP contribution is 2.28. The van der Waals surface area contributed by atoms with Crippen molar-refractivity contribution in [1.82, 2.24) is 9.78 Å².